The lowest BCUT2D eigenvalue weighted by Crippen LogP contribution is -2.48. The summed E-state index contributed by atoms with van der Waals surface area (Å²) in [7, 11) is -2.62. The third-order valence-electron chi connectivity index (χ3n) is 5.23. The normalized spacial score (nSPS) is 13.2. The lowest BCUT2D eigenvalue weighted by Gasteiger charge is -2.22. The van der Waals surface area contributed by atoms with Gasteiger partial charge in [-0.2, -0.15) is 4.72 Å². The summed E-state index contributed by atoms with van der Waals surface area (Å²) in [6, 6.07) is 20.5. The van der Waals surface area contributed by atoms with Crippen molar-refractivity contribution in [2.75, 3.05) is 7.11 Å². The second-order valence-electron chi connectivity index (χ2n) is 7.80. The number of amides is 1. The van der Waals surface area contributed by atoms with E-state index in [0.717, 1.165) is 21.2 Å². The molecule has 6 nitrogen and oxygen atoms in total. The minimum absolute atomic E-state index is 0.00294. The van der Waals surface area contributed by atoms with Gasteiger partial charge in [-0.05, 0) is 61.2 Å². The zero-order chi connectivity index (χ0) is 24.0. The molecule has 0 saturated carbocycles. The molecule has 0 heterocycles. The lowest BCUT2D eigenvalue weighted by atomic mass is 10.0. The van der Waals surface area contributed by atoms with Crippen molar-refractivity contribution in [1.82, 2.24) is 10.0 Å². The summed E-state index contributed by atoms with van der Waals surface area (Å²) in [5, 5.41) is 2.94. The molecule has 8 heteroatoms. The summed E-state index contributed by atoms with van der Waals surface area (Å²) in [4.78, 5) is 13.2. The Labute approximate surface area is 203 Å². The van der Waals surface area contributed by atoms with Crippen LogP contribution in [0.25, 0.3) is 0 Å². The number of benzene rings is 3. The van der Waals surface area contributed by atoms with Crippen molar-refractivity contribution >= 4 is 31.9 Å². The minimum atomic E-state index is -4.04. The van der Waals surface area contributed by atoms with Crippen LogP contribution in [-0.4, -0.2) is 27.5 Å². The number of rotatable bonds is 9. The van der Waals surface area contributed by atoms with E-state index in [0.29, 0.717) is 0 Å². The molecule has 0 fully saturated rings. The molecular formula is C25H27BrN2O4S. The van der Waals surface area contributed by atoms with Gasteiger partial charge in [-0.15, -0.1) is 0 Å². The topological polar surface area (TPSA) is 84.5 Å². The van der Waals surface area contributed by atoms with E-state index in [-0.39, 0.29) is 23.1 Å². The number of hydrogen-bond donors (Lipinski definition) is 2. The van der Waals surface area contributed by atoms with Gasteiger partial charge in [-0.1, -0.05) is 64.5 Å². The predicted octanol–water partition coefficient (Wildman–Crippen LogP) is 4.53. The number of hydrogen-bond acceptors (Lipinski definition) is 4. The molecule has 2 N–H and O–H groups in total. The van der Waals surface area contributed by atoms with E-state index in [9.17, 15) is 13.2 Å². The van der Waals surface area contributed by atoms with E-state index in [2.05, 4.69) is 26.0 Å². The number of carbonyl (C=O) groups excluding carboxylic acids is 1. The number of halogens is 1. The first kappa shape index (κ1) is 25.0. The van der Waals surface area contributed by atoms with Gasteiger partial charge in [0.05, 0.1) is 13.2 Å². The number of ether oxygens (including phenoxy) is 1. The third-order valence-corrected chi connectivity index (χ3v) is 7.26. The number of methoxy groups -OCH3 is 1. The van der Waals surface area contributed by atoms with E-state index in [1.54, 1.807) is 19.1 Å². The molecule has 2 unspecified atom stereocenters. The average molecular weight is 531 g/mol. The van der Waals surface area contributed by atoms with Gasteiger partial charge in [0.1, 0.15) is 16.7 Å². The van der Waals surface area contributed by atoms with E-state index in [1.807, 2.05) is 61.5 Å². The Morgan fingerprint density at radius 3 is 2.33 bits per heavy atom. The number of carbonyl (C=O) groups is 1. The van der Waals surface area contributed by atoms with Crippen LogP contribution in [0.4, 0.5) is 0 Å². The maximum atomic E-state index is 13.3. The predicted molar refractivity (Wildman–Crippen MR) is 133 cm³/mol. The first-order valence-corrected chi connectivity index (χ1v) is 12.7. The van der Waals surface area contributed by atoms with Gasteiger partial charge in [-0.25, -0.2) is 8.42 Å². The Kier molecular flexibility index (Phi) is 8.29. The molecule has 0 bridgehead atoms. The van der Waals surface area contributed by atoms with Crippen LogP contribution in [-0.2, 0) is 21.2 Å². The molecule has 174 valence electrons. The van der Waals surface area contributed by atoms with E-state index < -0.39 is 22.0 Å². The van der Waals surface area contributed by atoms with Crippen molar-refractivity contribution in [2.24, 2.45) is 0 Å². The van der Waals surface area contributed by atoms with Crippen LogP contribution in [0.2, 0.25) is 0 Å². The molecular weight excluding hydrogens is 504 g/mol. The second kappa shape index (κ2) is 11.0. The Morgan fingerprint density at radius 2 is 1.70 bits per heavy atom. The summed E-state index contributed by atoms with van der Waals surface area (Å²) < 4.78 is 35.4. The van der Waals surface area contributed by atoms with E-state index in [1.165, 1.54) is 13.2 Å². The summed E-state index contributed by atoms with van der Waals surface area (Å²) in [5.41, 5.74) is 2.52. The van der Waals surface area contributed by atoms with Gasteiger partial charge < -0.3 is 10.1 Å². The molecule has 1 amide bonds. The quantitative estimate of drug-likeness (QED) is 0.425. The first-order chi connectivity index (χ1) is 15.7. The van der Waals surface area contributed by atoms with Crippen molar-refractivity contribution < 1.29 is 17.9 Å². The molecule has 0 aliphatic carbocycles. The maximum Gasteiger partial charge on any atom is 0.244 e. The van der Waals surface area contributed by atoms with Gasteiger partial charge in [0.2, 0.25) is 15.9 Å². The SMILES string of the molecule is COc1ccc(C)cc1S(=O)(=O)NC(Cc1ccccc1)C(=O)NC(C)c1ccc(Br)cc1. The summed E-state index contributed by atoms with van der Waals surface area (Å²) in [5.74, 6) is -0.195. The zero-order valence-electron chi connectivity index (χ0n) is 18.7. The fraction of sp³-hybridized carbons (Fsp3) is 0.240. The van der Waals surface area contributed by atoms with Gasteiger partial charge >= 0.3 is 0 Å². The molecule has 0 aromatic heterocycles. The first-order valence-electron chi connectivity index (χ1n) is 10.5. The molecule has 3 aromatic carbocycles. The Morgan fingerprint density at radius 1 is 1.03 bits per heavy atom. The second-order valence-corrected chi connectivity index (χ2v) is 10.4. The van der Waals surface area contributed by atoms with Crippen LogP contribution in [0.1, 0.15) is 29.7 Å². The van der Waals surface area contributed by atoms with E-state index in [4.69, 9.17) is 4.74 Å². The molecule has 3 rings (SSSR count). The van der Waals surface area contributed by atoms with Crippen LogP contribution < -0.4 is 14.8 Å². The summed E-state index contributed by atoms with van der Waals surface area (Å²) in [6.07, 6.45) is 0.201. The summed E-state index contributed by atoms with van der Waals surface area (Å²) in [6.45, 7) is 3.66. The fourth-order valence-electron chi connectivity index (χ4n) is 3.43. The molecule has 2 atom stereocenters. The highest BCUT2D eigenvalue weighted by Crippen LogP contribution is 2.25. The van der Waals surface area contributed by atoms with E-state index >= 15 is 0 Å². The molecule has 0 aliphatic rings. The Balaban J connectivity index is 1.88. The van der Waals surface area contributed by atoms with Gasteiger partial charge in [0.25, 0.3) is 0 Å². The van der Waals surface area contributed by atoms with Crippen molar-refractivity contribution in [3.63, 3.8) is 0 Å². The van der Waals surface area contributed by atoms with Crippen molar-refractivity contribution in [2.45, 2.75) is 37.2 Å². The highest BCUT2D eigenvalue weighted by Gasteiger charge is 2.29. The maximum absolute atomic E-state index is 13.3. The smallest absolute Gasteiger partial charge is 0.244 e. The largest absolute Gasteiger partial charge is 0.495 e. The van der Waals surface area contributed by atoms with Crippen molar-refractivity contribution in [1.29, 1.82) is 0 Å². The van der Waals surface area contributed by atoms with Crippen LogP contribution >= 0.6 is 15.9 Å². The van der Waals surface area contributed by atoms with Crippen LogP contribution in [0.15, 0.2) is 82.2 Å². The van der Waals surface area contributed by atoms with Gasteiger partial charge in [0, 0.05) is 4.47 Å². The number of aryl methyl sites for hydroxylation is 1. The molecule has 0 radical (unpaired) electrons. The van der Waals surface area contributed by atoms with Crippen molar-refractivity contribution in [3.05, 3.63) is 94.0 Å². The zero-order valence-corrected chi connectivity index (χ0v) is 21.1. The molecule has 0 saturated heterocycles. The Bertz CT molecular complexity index is 1200. The molecule has 0 aliphatic heterocycles. The molecule has 0 spiro atoms. The fourth-order valence-corrected chi connectivity index (χ4v) is 5.14. The summed E-state index contributed by atoms with van der Waals surface area (Å²) >= 11 is 3.40. The van der Waals surface area contributed by atoms with Crippen LogP contribution in [0.5, 0.6) is 5.75 Å². The molecule has 3 aromatic rings. The Hall–Kier alpha value is -2.68. The minimum Gasteiger partial charge on any atom is -0.495 e. The van der Waals surface area contributed by atoms with Gasteiger partial charge in [0.15, 0.2) is 0 Å². The number of sulfonamides is 1. The average Bonchev–Trinajstić information content (AvgIpc) is 2.79. The third kappa shape index (κ3) is 6.66. The monoisotopic (exact) mass is 530 g/mol. The van der Waals surface area contributed by atoms with Crippen molar-refractivity contribution in [3.8, 4) is 5.75 Å². The van der Waals surface area contributed by atoms with Gasteiger partial charge in [-0.3, -0.25) is 4.79 Å². The van der Waals surface area contributed by atoms with Crippen LogP contribution in [0, 0.1) is 6.92 Å². The standard InChI is InChI=1S/C25H27BrN2O4S/c1-17-9-14-23(32-3)24(15-17)33(30,31)28-22(16-19-7-5-4-6-8-19)25(29)27-18(2)20-10-12-21(26)13-11-20/h4-15,18,22,28H,16H2,1-3H3,(H,27,29). The molecule has 33 heavy (non-hydrogen) atoms. The highest BCUT2D eigenvalue weighted by molar-refractivity contribution is 9.10. The lowest BCUT2D eigenvalue weighted by molar-refractivity contribution is -0.123. The highest BCUT2D eigenvalue weighted by atomic mass is 79.9. The van der Waals surface area contributed by atoms with Crippen LogP contribution in [0.3, 0.4) is 0 Å². The number of nitrogens with one attached hydrogen (secondary N) is 2.